The molecule has 0 radical (unpaired) electrons. The average molecular weight is 248 g/mol. The average Bonchev–Trinajstić information content (AvgIpc) is 2.81. The van der Waals surface area contributed by atoms with E-state index < -0.39 is 5.97 Å². The molecule has 1 heterocycles. The zero-order chi connectivity index (χ0) is 13.1. The zero-order valence-corrected chi connectivity index (χ0v) is 10.2. The van der Waals surface area contributed by atoms with Crippen LogP contribution in [0.2, 0.25) is 0 Å². The third-order valence-electron chi connectivity index (χ3n) is 3.33. The molecule has 1 fully saturated rings. The van der Waals surface area contributed by atoms with Gasteiger partial charge in [0, 0.05) is 11.6 Å². The van der Waals surface area contributed by atoms with Gasteiger partial charge >= 0.3 is 5.97 Å². The van der Waals surface area contributed by atoms with Crippen molar-refractivity contribution in [1.82, 2.24) is 4.98 Å². The summed E-state index contributed by atoms with van der Waals surface area (Å²) in [6.07, 6.45) is 3.26. The van der Waals surface area contributed by atoms with Gasteiger partial charge in [-0.1, -0.05) is 0 Å². The Balaban J connectivity index is 1.93. The second kappa shape index (κ2) is 5.16. The number of hydrogen-bond acceptors (Lipinski definition) is 3. The van der Waals surface area contributed by atoms with Gasteiger partial charge in [-0.2, -0.15) is 0 Å². The lowest BCUT2D eigenvalue weighted by Crippen LogP contribution is -2.21. The molecule has 1 saturated carbocycles. The normalized spacial score (nSPS) is 22.7. The van der Waals surface area contributed by atoms with Crippen molar-refractivity contribution in [1.29, 1.82) is 0 Å². The fourth-order valence-electron chi connectivity index (χ4n) is 2.23. The molecule has 1 aliphatic carbocycles. The number of carbonyl (C=O) groups is 2. The third-order valence-corrected chi connectivity index (χ3v) is 3.33. The lowest BCUT2D eigenvalue weighted by Gasteiger charge is -2.10. The molecule has 1 aliphatic rings. The molecule has 0 saturated heterocycles. The summed E-state index contributed by atoms with van der Waals surface area (Å²) in [6.45, 7) is 1.88. The summed E-state index contributed by atoms with van der Waals surface area (Å²) in [4.78, 5) is 26.9. The maximum absolute atomic E-state index is 11.9. The molecule has 5 nitrogen and oxygen atoms in total. The van der Waals surface area contributed by atoms with E-state index in [0.717, 1.165) is 5.69 Å². The van der Waals surface area contributed by atoms with Crippen molar-refractivity contribution in [2.75, 3.05) is 5.32 Å². The Morgan fingerprint density at radius 3 is 2.61 bits per heavy atom. The third kappa shape index (κ3) is 2.85. The maximum atomic E-state index is 11.9. The second-order valence-corrected chi connectivity index (χ2v) is 4.72. The monoisotopic (exact) mass is 248 g/mol. The van der Waals surface area contributed by atoms with Gasteiger partial charge in [0.15, 0.2) is 0 Å². The molecule has 1 amide bonds. The second-order valence-electron chi connectivity index (χ2n) is 4.72. The topological polar surface area (TPSA) is 79.3 Å². The van der Waals surface area contributed by atoms with Gasteiger partial charge in [-0.15, -0.1) is 0 Å². The first-order chi connectivity index (χ1) is 8.56. The number of nitrogens with zero attached hydrogens (tertiary/aromatic N) is 1. The number of carboxylic acid groups (broad SMARTS) is 1. The van der Waals surface area contributed by atoms with Crippen LogP contribution in [0.1, 0.15) is 25.0 Å². The highest BCUT2D eigenvalue weighted by atomic mass is 16.4. The predicted octanol–water partition coefficient (Wildman–Crippen LogP) is 1.83. The van der Waals surface area contributed by atoms with E-state index in [2.05, 4.69) is 10.3 Å². The molecule has 96 valence electrons. The predicted molar refractivity (Wildman–Crippen MR) is 66.1 cm³/mol. The van der Waals surface area contributed by atoms with E-state index in [0.29, 0.717) is 24.9 Å². The van der Waals surface area contributed by atoms with Crippen LogP contribution in [-0.2, 0) is 9.59 Å². The molecule has 0 bridgehead atoms. The molecular weight excluding hydrogens is 232 g/mol. The minimum atomic E-state index is -0.803. The van der Waals surface area contributed by atoms with Gasteiger partial charge in [0.1, 0.15) is 0 Å². The lowest BCUT2D eigenvalue weighted by atomic mass is 10.0. The fraction of sp³-hybridized carbons (Fsp3) is 0.462. The SMILES string of the molecule is Cc1ccc(NC(=O)[C@@H]2CC[C@H](C(=O)O)C2)cn1. The Labute approximate surface area is 105 Å². The quantitative estimate of drug-likeness (QED) is 0.855. The smallest absolute Gasteiger partial charge is 0.306 e. The van der Waals surface area contributed by atoms with Crippen LogP contribution in [0.5, 0.6) is 0 Å². The first-order valence-corrected chi connectivity index (χ1v) is 6.02. The van der Waals surface area contributed by atoms with Crippen LogP contribution in [0.4, 0.5) is 5.69 Å². The van der Waals surface area contributed by atoms with Crippen LogP contribution in [0.15, 0.2) is 18.3 Å². The van der Waals surface area contributed by atoms with Crippen LogP contribution in [0.25, 0.3) is 0 Å². The van der Waals surface area contributed by atoms with Crippen molar-refractivity contribution in [2.24, 2.45) is 11.8 Å². The molecule has 0 aromatic carbocycles. The zero-order valence-electron chi connectivity index (χ0n) is 10.2. The molecule has 2 N–H and O–H groups in total. The fourth-order valence-corrected chi connectivity index (χ4v) is 2.23. The van der Waals surface area contributed by atoms with Crippen molar-refractivity contribution >= 4 is 17.6 Å². The highest BCUT2D eigenvalue weighted by Gasteiger charge is 2.33. The summed E-state index contributed by atoms with van der Waals surface area (Å²) in [5, 5.41) is 11.7. The van der Waals surface area contributed by atoms with E-state index in [1.165, 1.54) is 0 Å². The minimum absolute atomic E-state index is 0.107. The van der Waals surface area contributed by atoms with Crippen molar-refractivity contribution in [3.8, 4) is 0 Å². The van der Waals surface area contributed by atoms with E-state index in [1.54, 1.807) is 12.3 Å². The number of aryl methyl sites for hydroxylation is 1. The number of carbonyl (C=O) groups excluding carboxylic acids is 1. The lowest BCUT2D eigenvalue weighted by molar-refractivity contribution is -0.141. The molecule has 1 aromatic heterocycles. The molecule has 0 unspecified atom stereocenters. The number of anilines is 1. The summed E-state index contributed by atoms with van der Waals surface area (Å²) >= 11 is 0. The van der Waals surface area contributed by atoms with E-state index in [4.69, 9.17) is 5.11 Å². The number of hydrogen-bond donors (Lipinski definition) is 2. The van der Waals surface area contributed by atoms with Gasteiger partial charge in [-0.25, -0.2) is 0 Å². The molecule has 0 spiro atoms. The largest absolute Gasteiger partial charge is 0.481 e. The number of nitrogens with one attached hydrogen (secondary N) is 1. The van der Waals surface area contributed by atoms with Gasteiger partial charge in [0.05, 0.1) is 17.8 Å². The number of rotatable bonds is 3. The maximum Gasteiger partial charge on any atom is 0.306 e. The van der Waals surface area contributed by atoms with Crippen LogP contribution in [-0.4, -0.2) is 22.0 Å². The molecule has 5 heteroatoms. The van der Waals surface area contributed by atoms with Gasteiger partial charge in [-0.3, -0.25) is 14.6 Å². The van der Waals surface area contributed by atoms with E-state index >= 15 is 0 Å². The molecule has 18 heavy (non-hydrogen) atoms. The van der Waals surface area contributed by atoms with Crippen molar-refractivity contribution < 1.29 is 14.7 Å². The van der Waals surface area contributed by atoms with Crippen LogP contribution >= 0.6 is 0 Å². The Morgan fingerprint density at radius 2 is 2.06 bits per heavy atom. The van der Waals surface area contributed by atoms with Crippen LogP contribution in [0.3, 0.4) is 0 Å². The first kappa shape index (κ1) is 12.5. The van der Waals surface area contributed by atoms with E-state index in [9.17, 15) is 9.59 Å². The Bertz CT molecular complexity index is 456. The highest BCUT2D eigenvalue weighted by Crippen LogP contribution is 2.31. The molecule has 1 aromatic rings. The van der Waals surface area contributed by atoms with Crippen molar-refractivity contribution in [3.63, 3.8) is 0 Å². The number of carboxylic acids is 1. The number of pyridine rings is 1. The summed E-state index contributed by atoms with van der Waals surface area (Å²) in [7, 11) is 0. The first-order valence-electron chi connectivity index (χ1n) is 6.02. The Kier molecular flexibility index (Phi) is 3.60. The van der Waals surface area contributed by atoms with Crippen LogP contribution in [0, 0.1) is 18.8 Å². The molecule has 2 atom stereocenters. The molecule has 2 rings (SSSR count). The summed E-state index contributed by atoms with van der Waals surface area (Å²) < 4.78 is 0. The summed E-state index contributed by atoms with van der Waals surface area (Å²) in [5.41, 5.74) is 1.55. The molecule has 0 aliphatic heterocycles. The summed E-state index contributed by atoms with van der Waals surface area (Å²) in [6, 6.07) is 3.62. The van der Waals surface area contributed by atoms with E-state index in [-0.39, 0.29) is 17.7 Å². The standard InChI is InChI=1S/C13H16N2O3/c1-8-2-5-11(7-14-8)15-12(16)9-3-4-10(6-9)13(17)18/h2,5,7,9-10H,3-4,6H2,1H3,(H,15,16)(H,17,18)/t9-,10+/m1/s1. The Hall–Kier alpha value is -1.91. The number of amides is 1. The van der Waals surface area contributed by atoms with Gasteiger partial charge < -0.3 is 10.4 Å². The highest BCUT2D eigenvalue weighted by molar-refractivity contribution is 5.93. The number of aromatic nitrogens is 1. The summed E-state index contributed by atoms with van der Waals surface area (Å²) in [5.74, 6) is -1.49. The number of aliphatic carboxylic acids is 1. The van der Waals surface area contributed by atoms with Crippen molar-refractivity contribution in [2.45, 2.75) is 26.2 Å². The van der Waals surface area contributed by atoms with Gasteiger partial charge in [0.25, 0.3) is 0 Å². The van der Waals surface area contributed by atoms with Gasteiger partial charge in [0.2, 0.25) is 5.91 Å². The van der Waals surface area contributed by atoms with Crippen LogP contribution < -0.4 is 5.32 Å². The minimum Gasteiger partial charge on any atom is -0.481 e. The molecular formula is C13H16N2O3. The van der Waals surface area contributed by atoms with Crippen molar-refractivity contribution in [3.05, 3.63) is 24.0 Å². The van der Waals surface area contributed by atoms with E-state index in [1.807, 2.05) is 13.0 Å². The van der Waals surface area contributed by atoms with Gasteiger partial charge in [-0.05, 0) is 38.3 Å². The Morgan fingerprint density at radius 1 is 1.33 bits per heavy atom.